The number of hydrogen-bond acceptors (Lipinski definition) is 11. The van der Waals surface area contributed by atoms with Gasteiger partial charge in [0, 0.05) is 22.0 Å². The molecular weight excluding hydrogens is 554 g/mol. The summed E-state index contributed by atoms with van der Waals surface area (Å²) in [7, 11) is -4.82. The van der Waals surface area contributed by atoms with Gasteiger partial charge in [-0.3, -0.25) is 25.0 Å². The normalized spacial score (nSPS) is 17.1. The van der Waals surface area contributed by atoms with Crippen molar-refractivity contribution in [3.63, 3.8) is 0 Å². The van der Waals surface area contributed by atoms with Crippen molar-refractivity contribution in [2.45, 2.75) is 0 Å². The topological polar surface area (TPSA) is 221 Å². The Morgan fingerprint density at radius 2 is 1.54 bits per heavy atom. The number of allylic oxidation sites excluding steroid dienone is 3. The Morgan fingerprint density at radius 1 is 0.902 bits per heavy atom. The maximum absolute atomic E-state index is 13.2. The van der Waals surface area contributed by atoms with Crippen molar-refractivity contribution >= 4 is 73.0 Å². The number of anilines is 3. The zero-order valence-electron chi connectivity index (χ0n) is 20.7. The molecule has 14 heteroatoms. The number of benzene rings is 3. The number of carboxylic acids is 1. The molecule has 0 unspecified atom stereocenters. The van der Waals surface area contributed by atoms with Crippen LogP contribution in [0.4, 0.5) is 17.1 Å². The van der Waals surface area contributed by atoms with Crippen LogP contribution in [0.2, 0.25) is 0 Å². The summed E-state index contributed by atoms with van der Waals surface area (Å²) in [6.45, 7) is 0. The van der Waals surface area contributed by atoms with Crippen LogP contribution in [0, 0.1) is 0 Å². The molecule has 0 saturated carbocycles. The summed E-state index contributed by atoms with van der Waals surface area (Å²) in [5.74, 6) is -4.02. The first-order valence-electron chi connectivity index (χ1n) is 11.7. The van der Waals surface area contributed by atoms with Crippen molar-refractivity contribution in [1.29, 1.82) is 0 Å². The lowest BCUT2D eigenvalue weighted by atomic mass is 9.94. The Balaban J connectivity index is 1.51. The SMILES string of the molecule is Nc1ccc2c(c1)C(=O)C(=NNc1ccc(NN=C3C=CC(=O)C(C(=O)O)=C3O)c3ccccc13)C(S(=O)(=O)O)=C2. The minimum atomic E-state index is -4.82. The number of carbonyl (C=O) groups excluding carboxylic acids is 2. The van der Waals surface area contributed by atoms with E-state index in [1.165, 1.54) is 24.3 Å². The van der Waals surface area contributed by atoms with E-state index in [4.69, 9.17) is 5.73 Å². The van der Waals surface area contributed by atoms with E-state index in [1.54, 1.807) is 36.4 Å². The third kappa shape index (κ3) is 5.07. The molecule has 13 nitrogen and oxygen atoms in total. The number of aliphatic carboxylic acids is 1. The number of aliphatic hydroxyl groups excluding tert-OH is 1. The van der Waals surface area contributed by atoms with Crippen molar-refractivity contribution in [2.24, 2.45) is 10.2 Å². The van der Waals surface area contributed by atoms with Crippen molar-refractivity contribution < 1.29 is 37.6 Å². The number of rotatable bonds is 6. The second-order valence-corrected chi connectivity index (χ2v) is 10.2. The summed E-state index contributed by atoms with van der Waals surface area (Å²) in [6, 6.07) is 14.3. The maximum Gasteiger partial charge on any atom is 0.343 e. The number of ketones is 2. The maximum atomic E-state index is 13.2. The average Bonchev–Trinajstić information content (AvgIpc) is 2.92. The summed E-state index contributed by atoms with van der Waals surface area (Å²) in [5, 5.41) is 28.6. The smallest absolute Gasteiger partial charge is 0.343 e. The van der Waals surface area contributed by atoms with Crippen molar-refractivity contribution in [1.82, 2.24) is 0 Å². The minimum absolute atomic E-state index is 0.114. The Labute approximate surface area is 231 Å². The Morgan fingerprint density at radius 3 is 2.15 bits per heavy atom. The lowest BCUT2D eigenvalue weighted by Gasteiger charge is -2.17. The van der Waals surface area contributed by atoms with E-state index >= 15 is 0 Å². The Bertz CT molecular complexity index is 1960. The van der Waals surface area contributed by atoms with Gasteiger partial charge in [0.1, 0.15) is 10.6 Å². The molecule has 2 aliphatic carbocycles. The van der Waals surface area contributed by atoms with Gasteiger partial charge in [0.25, 0.3) is 10.1 Å². The number of fused-ring (bicyclic) bond motifs is 2. The van der Waals surface area contributed by atoms with Crippen LogP contribution in [0.5, 0.6) is 0 Å². The van der Waals surface area contributed by atoms with E-state index in [9.17, 15) is 37.6 Å². The highest BCUT2D eigenvalue weighted by atomic mass is 32.2. The molecule has 0 spiro atoms. The fraction of sp³-hybridized carbons (Fsp3) is 0. The summed E-state index contributed by atoms with van der Waals surface area (Å²) >= 11 is 0. The first-order chi connectivity index (χ1) is 19.5. The molecule has 41 heavy (non-hydrogen) atoms. The molecule has 3 aromatic rings. The van der Waals surface area contributed by atoms with Gasteiger partial charge >= 0.3 is 5.97 Å². The molecule has 0 aromatic heterocycles. The lowest BCUT2D eigenvalue weighted by Crippen LogP contribution is -2.27. The van der Waals surface area contributed by atoms with Gasteiger partial charge in [-0.2, -0.15) is 18.6 Å². The van der Waals surface area contributed by atoms with Gasteiger partial charge in [-0.15, -0.1) is 0 Å². The zero-order chi connectivity index (χ0) is 29.5. The molecule has 0 heterocycles. The van der Waals surface area contributed by atoms with E-state index in [2.05, 4.69) is 21.1 Å². The van der Waals surface area contributed by atoms with E-state index in [1.807, 2.05) is 0 Å². The second kappa shape index (κ2) is 10.2. The fourth-order valence-electron chi connectivity index (χ4n) is 4.24. The number of carbonyl (C=O) groups is 3. The fourth-order valence-corrected chi connectivity index (χ4v) is 4.90. The molecule has 3 aromatic carbocycles. The third-order valence-electron chi connectivity index (χ3n) is 6.18. The second-order valence-electron chi connectivity index (χ2n) is 8.77. The van der Waals surface area contributed by atoms with Gasteiger partial charge in [-0.25, -0.2) is 4.79 Å². The standard InChI is InChI=1S/C27H19N5O8S/c28-14-6-5-13-11-22(41(38,39)40)24(25(34)17(13)12-14)32-30-19-8-7-18(15-3-1-2-4-16(15)19)29-31-20-9-10-21(33)23(26(20)35)27(36)37/h1-12,29-30,35H,28H2,(H,36,37)(H,38,39,40). The van der Waals surface area contributed by atoms with Crippen LogP contribution in [0.25, 0.3) is 16.8 Å². The van der Waals surface area contributed by atoms with Crippen molar-refractivity contribution in [3.05, 3.63) is 94.1 Å². The van der Waals surface area contributed by atoms with Gasteiger partial charge in [0.05, 0.1) is 11.4 Å². The number of nitrogens with zero attached hydrogens (tertiary/aromatic N) is 2. The van der Waals surface area contributed by atoms with Crippen LogP contribution in [0.1, 0.15) is 15.9 Å². The van der Waals surface area contributed by atoms with Gasteiger partial charge in [-0.05, 0) is 48.1 Å². The number of hydrogen-bond donors (Lipinski definition) is 6. The number of Topliss-reactive ketones (excluding diaryl/α,β-unsaturated/α-hetero) is 1. The molecule has 0 fully saturated rings. The molecular formula is C27H19N5O8S. The molecule has 206 valence electrons. The summed E-state index contributed by atoms with van der Waals surface area (Å²) in [4.78, 5) is 35.6. The summed E-state index contributed by atoms with van der Waals surface area (Å²) < 4.78 is 34.0. The molecule has 5 rings (SSSR count). The number of nitrogens with two attached hydrogens (primary N) is 1. The van der Waals surface area contributed by atoms with Gasteiger partial charge in [0.15, 0.2) is 22.8 Å². The number of nitrogen functional groups attached to an aromatic ring is 1. The molecule has 0 radical (unpaired) electrons. The predicted octanol–water partition coefficient (Wildman–Crippen LogP) is 3.12. The highest BCUT2D eigenvalue weighted by Crippen LogP contribution is 2.32. The van der Waals surface area contributed by atoms with Crippen LogP contribution < -0.4 is 16.6 Å². The van der Waals surface area contributed by atoms with Crippen molar-refractivity contribution in [3.8, 4) is 0 Å². The molecule has 7 N–H and O–H groups in total. The monoisotopic (exact) mass is 573 g/mol. The average molecular weight is 574 g/mol. The summed E-state index contributed by atoms with van der Waals surface area (Å²) in [5.41, 5.74) is 11.1. The van der Waals surface area contributed by atoms with Crippen molar-refractivity contribution in [2.75, 3.05) is 16.6 Å². The van der Waals surface area contributed by atoms with Crippen LogP contribution in [-0.4, -0.2) is 52.1 Å². The molecule has 0 atom stereocenters. The van der Waals surface area contributed by atoms with Crippen LogP contribution in [0.15, 0.2) is 93.2 Å². The number of aliphatic hydroxyl groups is 1. The van der Waals surface area contributed by atoms with Crippen LogP contribution in [-0.2, 0) is 19.7 Å². The first kappa shape index (κ1) is 27.0. The Hall–Kier alpha value is -5.60. The molecule has 2 aliphatic rings. The third-order valence-corrected chi connectivity index (χ3v) is 7.04. The molecule has 0 bridgehead atoms. The zero-order valence-corrected chi connectivity index (χ0v) is 21.5. The van der Waals surface area contributed by atoms with Gasteiger partial charge < -0.3 is 15.9 Å². The minimum Gasteiger partial charge on any atom is -0.505 e. The summed E-state index contributed by atoms with van der Waals surface area (Å²) in [6.07, 6.45) is 3.27. The highest BCUT2D eigenvalue weighted by Gasteiger charge is 2.33. The van der Waals surface area contributed by atoms with Gasteiger partial charge in [0.2, 0.25) is 5.78 Å². The van der Waals surface area contributed by atoms with E-state index in [0.717, 1.165) is 12.2 Å². The molecule has 0 amide bonds. The van der Waals surface area contributed by atoms with Crippen LogP contribution in [0.3, 0.4) is 0 Å². The van der Waals surface area contributed by atoms with E-state index in [-0.39, 0.29) is 22.5 Å². The van der Waals surface area contributed by atoms with Gasteiger partial charge in [-0.1, -0.05) is 30.3 Å². The van der Waals surface area contributed by atoms with E-state index < -0.39 is 49.6 Å². The quantitative estimate of drug-likeness (QED) is 0.0826. The van der Waals surface area contributed by atoms with Crippen LogP contribution >= 0.6 is 0 Å². The predicted molar refractivity (Wildman–Crippen MR) is 152 cm³/mol. The number of carboxylic acid groups (broad SMARTS) is 1. The molecule has 0 aliphatic heterocycles. The molecule has 0 saturated heterocycles. The number of hydrazone groups is 2. The lowest BCUT2D eigenvalue weighted by molar-refractivity contribution is -0.134. The highest BCUT2D eigenvalue weighted by molar-refractivity contribution is 7.91. The number of nitrogens with one attached hydrogen (secondary N) is 2. The van der Waals surface area contributed by atoms with E-state index in [0.29, 0.717) is 22.1 Å². The Kier molecular flexibility index (Phi) is 6.70. The first-order valence-corrected chi connectivity index (χ1v) is 13.1. The largest absolute Gasteiger partial charge is 0.505 e.